The molecular weight excluding hydrogens is 266 g/mol. The van der Waals surface area contributed by atoms with Crippen LogP contribution in [-0.2, 0) is 10.3 Å². The Hall–Kier alpha value is -1.46. The minimum atomic E-state index is -0.485. The van der Waals surface area contributed by atoms with Gasteiger partial charge in [0.25, 0.3) is 5.91 Å². The second-order valence-corrected chi connectivity index (χ2v) is 6.32. The number of carbonyl (C=O) groups excluding carboxylic acids is 1. The van der Waals surface area contributed by atoms with E-state index in [1.54, 1.807) is 13.2 Å². The van der Waals surface area contributed by atoms with Crippen molar-refractivity contribution in [3.8, 4) is 0 Å². The summed E-state index contributed by atoms with van der Waals surface area (Å²) in [5, 5.41) is 0. The molecule has 5 heteroatoms. The molecular formula is C16H23N3O2. The number of ether oxygens (including phenoxy) is 1. The van der Waals surface area contributed by atoms with Gasteiger partial charge in [-0.05, 0) is 32.0 Å². The highest BCUT2D eigenvalue weighted by atomic mass is 16.5. The highest BCUT2D eigenvalue weighted by Gasteiger charge is 2.53. The summed E-state index contributed by atoms with van der Waals surface area (Å²) in [7, 11) is 3.94. The molecule has 1 aromatic rings. The summed E-state index contributed by atoms with van der Waals surface area (Å²) in [6.45, 7) is 2.01. The molecule has 21 heavy (non-hydrogen) atoms. The predicted molar refractivity (Wildman–Crippen MR) is 79.8 cm³/mol. The number of primary amides is 1. The van der Waals surface area contributed by atoms with Gasteiger partial charge in [0, 0.05) is 32.0 Å². The zero-order chi connectivity index (χ0) is 15.0. The second-order valence-electron chi connectivity index (χ2n) is 6.32. The van der Waals surface area contributed by atoms with Gasteiger partial charge < -0.3 is 15.4 Å². The molecule has 2 unspecified atom stereocenters. The maximum absolute atomic E-state index is 11.4. The Morgan fingerprint density at radius 2 is 2.05 bits per heavy atom. The van der Waals surface area contributed by atoms with Gasteiger partial charge in [0.05, 0.1) is 5.69 Å². The Labute approximate surface area is 125 Å². The third-order valence-corrected chi connectivity index (χ3v) is 5.12. The molecule has 0 aromatic carbocycles. The summed E-state index contributed by atoms with van der Waals surface area (Å²) in [5.41, 5.74) is 6.19. The first-order valence-electron chi connectivity index (χ1n) is 7.59. The molecule has 0 spiro atoms. The first kappa shape index (κ1) is 14.5. The van der Waals surface area contributed by atoms with E-state index in [4.69, 9.17) is 10.5 Å². The molecule has 2 N–H and O–H groups in total. The molecule has 5 nitrogen and oxygen atoms in total. The standard InChI is InChI=1S/C16H23N3O2/c1-19-9-11-5-3-6-12(10-19)16(11,21-2)14-8-4-7-13(18-14)15(17)20/h4,7-8,11-12H,3,5-6,9-10H2,1-2H3,(H2,17,20). The van der Waals surface area contributed by atoms with Crippen LogP contribution in [0.2, 0.25) is 0 Å². The van der Waals surface area contributed by atoms with Crippen molar-refractivity contribution >= 4 is 5.91 Å². The number of amides is 1. The number of piperidine rings is 1. The van der Waals surface area contributed by atoms with E-state index in [2.05, 4.69) is 16.9 Å². The molecule has 2 aliphatic rings. The average molecular weight is 289 g/mol. The summed E-state index contributed by atoms with van der Waals surface area (Å²) >= 11 is 0. The van der Waals surface area contributed by atoms with Crippen LogP contribution in [-0.4, -0.2) is 43.0 Å². The van der Waals surface area contributed by atoms with Gasteiger partial charge in [-0.25, -0.2) is 4.98 Å². The maximum Gasteiger partial charge on any atom is 0.267 e. The number of aromatic nitrogens is 1. The first-order chi connectivity index (χ1) is 10.1. The van der Waals surface area contributed by atoms with Crippen molar-refractivity contribution in [2.24, 2.45) is 17.6 Å². The van der Waals surface area contributed by atoms with Gasteiger partial charge in [-0.1, -0.05) is 12.5 Å². The van der Waals surface area contributed by atoms with Crippen molar-refractivity contribution < 1.29 is 9.53 Å². The Morgan fingerprint density at radius 3 is 2.62 bits per heavy atom. The van der Waals surface area contributed by atoms with Crippen LogP contribution in [0.25, 0.3) is 0 Å². The van der Waals surface area contributed by atoms with Gasteiger partial charge >= 0.3 is 0 Å². The molecule has 2 bridgehead atoms. The summed E-state index contributed by atoms with van der Waals surface area (Å²) in [6.07, 6.45) is 3.51. The molecule has 1 saturated heterocycles. The molecule has 1 saturated carbocycles. The van der Waals surface area contributed by atoms with Crippen molar-refractivity contribution in [1.82, 2.24) is 9.88 Å². The SMILES string of the molecule is COC1(c2cccc(C(N)=O)n2)C2CCCC1CN(C)C2. The van der Waals surface area contributed by atoms with E-state index in [0.717, 1.165) is 31.6 Å². The van der Waals surface area contributed by atoms with Gasteiger partial charge in [-0.2, -0.15) is 0 Å². The second kappa shape index (κ2) is 5.39. The largest absolute Gasteiger partial charge is 0.371 e. The summed E-state index contributed by atoms with van der Waals surface area (Å²) in [6, 6.07) is 5.50. The van der Waals surface area contributed by atoms with Gasteiger partial charge in [-0.15, -0.1) is 0 Å². The molecule has 1 aliphatic carbocycles. The summed E-state index contributed by atoms with van der Waals surface area (Å²) in [4.78, 5) is 18.3. The molecule has 2 fully saturated rings. The van der Waals surface area contributed by atoms with Gasteiger partial charge in [0.1, 0.15) is 11.3 Å². The zero-order valence-corrected chi connectivity index (χ0v) is 12.7. The number of hydrogen-bond acceptors (Lipinski definition) is 4. The normalized spacial score (nSPS) is 32.9. The minimum absolute atomic E-state index is 0.320. The maximum atomic E-state index is 11.4. The van der Waals surface area contributed by atoms with E-state index >= 15 is 0 Å². The van der Waals surface area contributed by atoms with Crippen LogP contribution in [0.5, 0.6) is 0 Å². The van der Waals surface area contributed by atoms with Crippen molar-refractivity contribution in [3.05, 3.63) is 29.6 Å². The van der Waals surface area contributed by atoms with E-state index in [9.17, 15) is 4.79 Å². The van der Waals surface area contributed by atoms with Crippen molar-refractivity contribution in [3.63, 3.8) is 0 Å². The number of pyridine rings is 1. The smallest absolute Gasteiger partial charge is 0.267 e. The van der Waals surface area contributed by atoms with Crippen LogP contribution < -0.4 is 5.73 Å². The fraction of sp³-hybridized carbons (Fsp3) is 0.625. The van der Waals surface area contributed by atoms with E-state index in [0.29, 0.717) is 17.5 Å². The Bertz CT molecular complexity index is 532. The number of rotatable bonds is 3. The number of fused-ring (bicyclic) bond motifs is 2. The average Bonchev–Trinajstić information content (AvgIpc) is 2.46. The van der Waals surface area contributed by atoms with Crippen molar-refractivity contribution in [1.29, 1.82) is 0 Å². The highest BCUT2D eigenvalue weighted by Crippen LogP contribution is 2.50. The van der Waals surface area contributed by atoms with Crippen LogP contribution >= 0.6 is 0 Å². The number of methoxy groups -OCH3 is 1. The van der Waals surface area contributed by atoms with Crippen molar-refractivity contribution in [2.45, 2.75) is 24.9 Å². The number of likely N-dealkylation sites (tertiary alicyclic amines) is 1. The van der Waals surface area contributed by atoms with Crippen LogP contribution in [0.4, 0.5) is 0 Å². The lowest BCUT2D eigenvalue weighted by molar-refractivity contribution is -0.168. The van der Waals surface area contributed by atoms with Crippen LogP contribution in [0, 0.1) is 11.8 Å². The van der Waals surface area contributed by atoms with Gasteiger partial charge in [0.2, 0.25) is 0 Å². The first-order valence-corrected chi connectivity index (χ1v) is 7.59. The van der Waals surface area contributed by atoms with Crippen LogP contribution in [0.1, 0.15) is 35.4 Å². The Balaban J connectivity index is 2.07. The third kappa shape index (κ3) is 2.24. The zero-order valence-electron chi connectivity index (χ0n) is 12.7. The lowest BCUT2D eigenvalue weighted by Crippen LogP contribution is -2.58. The Kier molecular flexibility index (Phi) is 3.71. The quantitative estimate of drug-likeness (QED) is 0.913. The predicted octanol–water partition coefficient (Wildman–Crippen LogP) is 1.38. The van der Waals surface area contributed by atoms with Gasteiger partial charge in [-0.3, -0.25) is 4.79 Å². The van der Waals surface area contributed by atoms with E-state index in [-0.39, 0.29) is 5.60 Å². The topological polar surface area (TPSA) is 68.5 Å². The Morgan fingerprint density at radius 1 is 1.38 bits per heavy atom. The van der Waals surface area contributed by atoms with E-state index in [1.165, 1.54) is 6.42 Å². The molecule has 1 aromatic heterocycles. The fourth-order valence-electron chi connectivity index (χ4n) is 4.30. The van der Waals surface area contributed by atoms with Crippen LogP contribution in [0.15, 0.2) is 18.2 Å². The molecule has 114 valence electrons. The van der Waals surface area contributed by atoms with E-state index < -0.39 is 5.91 Å². The third-order valence-electron chi connectivity index (χ3n) is 5.12. The van der Waals surface area contributed by atoms with E-state index in [1.807, 2.05) is 12.1 Å². The van der Waals surface area contributed by atoms with Crippen molar-refractivity contribution in [2.75, 3.05) is 27.2 Å². The minimum Gasteiger partial charge on any atom is -0.371 e. The molecule has 1 amide bonds. The molecule has 3 rings (SSSR count). The summed E-state index contributed by atoms with van der Waals surface area (Å²) in [5.74, 6) is 0.340. The fourth-order valence-corrected chi connectivity index (χ4v) is 4.30. The molecule has 2 heterocycles. The number of nitrogens with zero attached hydrogens (tertiary/aromatic N) is 2. The lowest BCUT2D eigenvalue weighted by atomic mass is 9.63. The number of carbonyl (C=O) groups is 1. The monoisotopic (exact) mass is 289 g/mol. The number of nitrogens with two attached hydrogens (primary N) is 1. The highest BCUT2D eigenvalue weighted by molar-refractivity contribution is 5.90. The summed E-state index contributed by atoms with van der Waals surface area (Å²) < 4.78 is 6.07. The molecule has 2 atom stereocenters. The van der Waals surface area contributed by atoms with Crippen LogP contribution in [0.3, 0.4) is 0 Å². The molecule has 0 radical (unpaired) electrons. The molecule has 1 aliphatic heterocycles. The number of hydrogen-bond donors (Lipinski definition) is 1. The lowest BCUT2D eigenvalue weighted by Gasteiger charge is -2.54. The van der Waals surface area contributed by atoms with Gasteiger partial charge in [0.15, 0.2) is 0 Å².